The van der Waals surface area contributed by atoms with E-state index in [1.54, 1.807) is 45.6 Å². The van der Waals surface area contributed by atoms with E-state index in [1.807, 2.05) is 22.7 Å². The lowest BCUT2D eigenvalue weighted by atomic mass is 10.1. The second kappa shape index (κ2) is 7.80. The first-order chi connectivity index (χ1) is 15.7. The molecular weight excluding hydrogens is 428 g/mol. The molecule has 2 fully saturated rings. The molecule has 4 heterocycles. The Hall–Kier alpha value is -3.08. The van der Waals surface area contributed by atoms with E-state index in [4.69, 9.17) is 4.74 Å². The summed E-state index contributed by atoms with van der Waals surface area (Å²) in [5, 5.41) is 19.6. The molecule has 1 saturated carbocycles. The highest BCUT2D eigenvalue weighted by Crippen LogP contribution is 2.47. The summed E-state index contributed by atoms with van der Waals surface area (Å²) in [4.78, 5) is 20.9. The lowest BCUT2D eigenvalue weighted by molar-refractivity contribution is 0.0303. The highest BCUT2D eigenvalue weighted by atomic mass is 32.1. The molecule has 1 aliphatic carbocycles. The number of hydrogen-bond acceptors (Lipinski definition) is 7. The van der Waals surface area contributed by atoms with Gasteiger partial charge in [0.15, 0.2) is 0 Å². The number of carbonyl (C=O) groups excluding carboxylic acids is 1. The van der Waals surface area contributed by atoms with Gasteiger partial charge < -0.3 is 14.7 Å². The fourth-order valence-electron chi connectivity index (χ4n) is 4.10. The van der Waals surface area contributed by atoms with E-state index in [2.05, 4.69) is 15.3 Å². The van der Waals surface area contributed by atoms with Crippen LogP contribution in [0.2, 0.25) is 0 Å². The Bertz CT molecular complexity index is 1270. The van der Waals surface area contributed by atoms with Crippen molar-refractivity contribution >= 4 is 22.1 Å². The van der Waals surface area contributed by atoms with E-state index < -0.39 is 6.10 Å². The Labute approximate surface area is 187 Å². The van der Waals surface area contributed by atoms with Crippen LogP contribution in [0.25, 0.3) is 10.5 Å². The number of aliphatic hydroxyl groups excluding tert-OH is 1. The van der Waals surface area contributed by atoms with Crippen molar-refractivity contribution in [3.05, 3.63) is 64.8 Å². The second-order valence-corrected chi connectivity index (χ2v) is 9.23. The number of fused-ring (bicyclic) bond motifs is 1. The molecule has 4 aromatic rings. The van der Waals surface area contributed by atoms with Crippen LogP contribution in [-0.2, 0) is 4.74 Å². The molecule has 9 nitrogen and oxygen atoms in total. The fraction of sp³-hybridized carbons (Fsp3) is 0.364. The number of imidazole rings is 1. The molecule has 1 aromatic carbocycles. The average Bonchev–Trinajstić information content (AvgIpc) is 3.23. The maximum absolute atomic E-state index is 12.6. The first-order valence-electron chi connectivity index (χ1n) is 10.7. The third kappa shape index (κ3) is 3.40. The van der Waals surface area contributed by atoms with Gasteiger partial charge in [-0.25, -0.2) is 9.67 Å². The summed E-state index contributed by atoms with van der Waals surface area (Å²) in [6.45, 7) is 2.37. The number of nitrogens with zero attached hydrogens (tertiary/aromatic N) is 6. The zero-order valence-electron chi connectivity index (χ0n) is 17.3. The molecule has 164 valence electrons. The van der Waals surface area contributed by atoms with Gasteiger partial charge in [0, 0.05) is 23.5 Å². The number of thiazole rings is 1. The minimum atomic E-state index is -0.885. The van der Waals surface area contributed by atoms with Crippen LogP contribution < -0.4 is 0 Å². The molecule has 1 unspecified atom stereocenters. The van der Waals surface area contributed by atoms with Crippen molar-refractivity contribution in [1.82, 2.24) is 29.3 Å². The Morgan fingerprint density at radius 2 is 1.97 bits per heavy atom. The SMILES string of the molecule is O=C(c1ccc(-n2cc(C(O)c3c(C4CC4)sc4cncn34)nn2)cc1)N1CCOCC1. The van der Waals surface area contributed by atoms with Crippen LogP contribution in [0.3, 0.4) is 0 Å². The quantitative estimate of drug-likeness (QED) is 0.502. The monoisotopic (exact) mass is 450 g/mol. The van der Waals surface area contributed by atoms with E-state index in [1.165, 1.54) is 4.88 Å². The van der Waals surface area contributed by atoms with Gasteiger partial charge in [-0.2, -0.15) is 0 Å². The normalized spacial score (nSPS) is 17.7. The van der Waals surface area contributed by atoms with Gasteiger partial charge >= 0.3 is 0 Å². The first-order valence-corrected chi connectivity index (χ1v) is 11.5. The van der Waals surface area contributed by atoms with Gasteiger partial charge in [0.1, 0.15) is 23.0 Å². The molecule has 1 N–H and O–H groups in total. The molecule has 3 aromatic heterocycles. The largest absolute Gasteiger partial charge is 0.380 e. The average molecular weight is 451 g/mol. The zero-order valence-corrected chi connectivity index (χ0v) is 18.1. The molecular formula is C22H22N6O3S. The molecule has 0 radical (unpaired) electrons. The van der Waals surface area contributed by atoms with Crippen molar-refractivity contribution in [3.8, 4) is 5.69 Å². The van der Waals surface area contributed by atoms with Gasteiger partial charge in [-0.15, -0.1) is 16.4 Å². The van der Waals surface area contributed by atoms with Crippen molar-refractivity contribution in [2.45, 2.75) is 24.9 Å². The summed E-state index contributed by atoms with van der Waals surface area (Å²) < 4.78 is 8.89. The lowest BCUT2D eigenvalue weighted by Crippen LogP contribution is -2.40. The maximum atomic E-state index is 12.6. The van der Waals surface area contributed by atoms with Crippen LogP contribution in [0.1, 0.15) is 51.5 Å². The standard InChI is InChI=1S/C22H22N6O3S/c29-20(19-21(14-1-2-14)32-18-11-23-13-27(18)19)17-12-28(25-24-17)16-5-3-15(4-6-16)22(30)26-7-9-31-10-8-26/h3-6,11-14,20,29H,1-2,7-10H2. The van der Waals surface area contributed by atoms with Gasteiger partial charge in [0.05, 0.1) is 37.0 Å². The Balaban J connectivity index is 1.25. The van der Waals surface area contributed by atoms with Gasteiger partial charge in [-0.05, 0) is 43.0 Å². The third-order valence-corrected chi connectivity index (χ3v) is 7.28. The number of ether oxygens (including phenoxy) is 1. The molecule has 0 spiro atoms. The minimum absolute atomic E-state index is 0.00367. The zero-order chi connectivity index (χ0) is 21.7. The summed E-state index contributed by atoms with van der Waals surface area (Å²) in [5.41, 5.74) is 2.72. The highest BCUT2D eigenvalue weighted by molar-refractivity contribution is 7.17. The summed E-state index contributed by atoms with van der Waals surface area (Å²) in [6.07, 6.45) is 6.72. The Morgan fingerprint density at radius 1 is 1.19 bits per heavy atom. The third-order valence-electron chi connectivity index (χ3n) is 6.01. The Morgan fingerprint density at radius 3 is 2.72 bits per heavy atom. The number of hydrogen-bond donors (Lipinski definition) is 1. The number of aromatic nitrogens is 5. The number of benzene rings is 1. The molecule has 1 aliphatic heterocycles. The Kier molecular flexibility index (Phi) is 4.78. The van der Waals surface area contributed by atoms with Crippen molar-refractivity contribution in [2.75, 3.05) is 26.3 Å². The van der Waals surface area contributed by atoms with Crippen LogP contribution in [0, 0.1) is 0 Å². The lowest BCUT2D eigenvalue weighted by Gasteiger charge is -2.26. The number of morpholine rings is 1. The molecule has 0 bridgehead atoms. The molecule has 1 atom stereocenters. The fourth-order valence-corrected chi connectivity index (χ4v) is 5.40. The summed E-state index contributed by atoms with van der Waals surface area (Å²) in [7, 11) is 0. The van der Waals surface area contributed by atoms with Gasteiger partial charge in [0.2, 0.25) is 0 Å². The van der Waals surface area contributed by atoms with Crippen molar-refractivity contribution < 1.29 is 14.6 Å². The van der Waals surface area contributed by atoms with E-state index >= 15 is 0 Å². The van der Waals surface area contributed by atoms with E-state index in [0.717, 1.165) is 29.1 Å². The molecule has 6 rings (SSSR count). The van der Waals surface area contributed by atoms with E-state index in [9.17, 15) is 9.90 Å². The van der Waals surface area contributed by atoms with Crippen molar-refractivity contribution in [1.29, 1.82) is 0 Å². The first kappa shape index (κ1) is 19.6. The molecule has 1 saturated heterocycles. The highest BCUT2D eigenvalue weighted by Gasteiger charge is 2.33. The number of rotatable bonds is 5. The molecule has 32 heavy (non-hydrogen) atoms. The van der Waals surface area contributed by atoms with Gasteiger partial charge in [-0.1, -0.05) is 5.21 Å². The summed E-state index contributed by atoms with van der Waals surface area (Å²) in [6, 6.07) is 7.27. The van der Waals surface area contributed by atoms with Crippen LogP contribution in [0.15, 0.2) is 43.0 Å². The van der Waals surface area contributed by atoms with Crippen LogP contribution >= 0.6 is 11.3 Å². The van der Waals surface area contributed by atoms with Crippen LogP contribution in [0.4, 0.5) is 0 Å². The van der Waals surface area contributed by atoms with Gasteiger partial charge in [0.25, 0.3) is 5.91 Å². The number of amides is 1. The second-order valence-electron chi connectivity index (χ2n) is 8.17. The molecule has 2 aliphatic rings. The van der Waals surface area contributed by atoms with E-state index in [0.29, 0.717) is 43.5 Å². The van der Waals surface area contributed by atoms with Crippen molar-refractivity contribution in [3.63, 3.8) is 0 Å². The summed E-state index contributed by atoms with van der Waals surface area (Å²) >= 11 is 1.69. The predicted molar refractivity (Wildman–Crippen MR) is 117 cm³/mol. The van der Waals surface area contributed by atoms with Crippen LogP contribution in [0.5, 0.6) is 0 Å². The van der Waals surface area contributed by atoms with E-state index in [-0.39, 0.29) is 5.91 Å². The predicted octanol–water partition coefficient (Wildman–Crippen LogP) is 2.41. The number of aliphatic hydroxyl groups is 1. The maximum Gasteiger partial charge on any atom is 0.254 e. The topological polar surface area (TPSA) is 97.8 Å². The van der Waals surface area contributed by atoms with Gasteiger partial charge in [-0.3, -0.25) is 9.20 Å². The number of carbonyl (C=O) groups is 1. The summed E-state index contributed by atoms with van der Waals surface area (Å²) in [5.74, 6) is 0.514. The smallest absolute Gasteiger partial charge is 0.254 e. The molecule has 10 heteroatoms. The van der Waals surface area contributed by atoms with Crippen molar-refractivity contribution in [2.24, 2.45) is 0 Å². The molecule has 1 amide bonds. The minimum Gasteiger partial charge on any atom is -0.380 e. The van der Waals surface area contributed by atoms with Crippen LogP contribution in [-0.4, -0.2) is 66.6 Å².